The number of carboxylic acids is 1. The monoisotopic (exact) mass is 368 g/mol. The summed E-state index contributed by atoms with van der Waals surface area (Å²) < 4.78 is 0.424. The van der Waals surface area contributed by atoms with E-state index < -0.39 is 17.8 Å². The van der Waals surface area contributed by atoms with Gasteiger partial charge in [0.15, 0.2) is 0 Å². The Morgan fingerprint density at radius 2 is 2.05 bits per heavy atom. The number of benzene rings is 1. The van der Waals surface area contributed by atoms with E-state index in [1.54, 1.807) is 13.0 Å². The molecule has 0 fully saturated rings. The summed E-state index contributed by atoms with van der Waals surface area (Å²) in [5.41, 5.74) is 1.20. The Bertz CT molecular complexity index is 699. The average molecular weight is 369 g/mol. The fourth-order valence-corrected chi connectivity index (χ4v) is 2.65. The van der Waals surface area contributed by atoms with E-state index in [1.807, 2.05) is 0 Å². The van der Waals surface area contributed by atoms with Crippen molar-refractivity contribution in [3.63, 3.8) is 0 Å². The number of halogens is 1. The Kier molecular flexibility index (Phi) is 4.62. The highest BCUT2D eigenvalue weighted by Gasteiger charge is 2.31. The molecule has 1 aliphatic rings. The minimum absolute atomic E-state index is 0.0395. The Labute approximate surface area is 134 Å². The molecule has 1 heterocycles. The number of aliphatic hydroxyl groups is 1. The van der Waals surface area contributed by atoms with Gasteiger partial charge in [0.2, 0.25) is 0 Å². The highest BCUT2D eigenvalue weighted by molar-refractivity contribution is 9.10. The molecule has 0 atom stereocenters. The van der Waals surface area contributed by atoms with Crippen LogP contribution in [0.5, 0.6) is 0 Å². The maximum Gasteiger partial charge on any atom is 0.336 e. The van der Waals surface area contributed by atoms with Crippen LogP contribution >= 0.6 is 15.9 Å². The largest absolute Gasteiger partial charge is 0.478 e. The molecule has 0 unspecified atom stereocenters. The van der Waals surface area contributed by atoms with Gasteiger partial charge in [0.25, 0.3) is 11.8 Å². The number of aliphatic hydroxyl groups excluding tert-OH is 1. The molecule has 2 amide bonds. The Morgan fingerprint density at radius 1 is 1.36 bits per heavy atom. The fourth-order valence-electron chi connectivity index (χ4n) is 2.03. The fraction of sp³-hybridized carbons (Fsp3) is 0.214. The lowest BCUT2D eigenvalue weighted by molar-refractivity contribution is -0.137. The summed E-state index contributed by atoms with van der Waals surface area (Å²) in [4.78, 5) is 35.8. The van der Waals surface area contributed by atoms with E-state index in [2.05, 4.69) is 21.2 Å². The number of anilines is 1. The lowest BCUT2D eigenvalue weighted by Gasteiger charge is -2.15. The predicted octanol–water partition coefficient (Wildman–Crippen LogP) is 1.11. The molecule has 0 bridgehead atoms. The Balaban J connectivity index is 2.30. The van der Waals surface area contributed by atoms with E-state index in [4.69, 9.17) is 10.2 Å². The number of rotatable bonds is 5. The summed E-state index contributed by atoms with van der Waals surface area (Å²) in [6.07, 6.45) is 1.12. The van der Waals surface area contributed by atoms with Gasteiger partial charge < -0.3 is 15.5 Å². The van der Waals surface area contributed by atoms with Crippen molar-refractivity contribution < 1.29 is 24.6 Å². The number of amides is 2. The molecular weight excluding hydrogens is 356 g/mol. The van der Waals surface area contributed by atoms with Gasteiger partial charge >= 0.3 is 5.97 Å². The van der Waals surface area contributed by atoms with E-state index in [-0.39, 0.29) is 24.4 Å². The molecule has 0 saturated heterocycles. The number of nitrogens with zero attached hydrogens (tertiary/aromatic N) is 1. The van der Waals surface area contributed by atoms with Gasteiger partial charge in [-0.1, -0.05) is 0 Å². The maximum absolute atomic E-state index is 12.0. The number of aryl methyl sites for hydroxylation is 1. The third-order valence-electron chi connectivity index (χ3n) is 3.15. The number of β-amino-alcohol motifs (C(OH)–C–C–N with tert-alkyl or cyclic N) is 1. The first-order valence-electron chi connectivity index (χ1n) is 6.34. The lowest BCUT2D eigenvalue weighted by atomic mass is 10.1. The standard InChI is InChI=1S/C14H13BrN2O5/c1-7-4-9(15)8(14(21)22)5-10(7)16-11-6-12(19)17(2-3-18)13(11)20/h4-6,16,18H,2-3H2,1H3,(H,21,22). The Morgan fingerprint density at radius 3 is 2.64 bits per heavy atom. The van der Waals surface area contributed by atoms with Crippen LogP contribution in [0.2, 0.25) is 0 Å². The van der Waals surface area contributed by atoms with Crippen molar-refractivity contribution in [2.24, 2.45) is 0 Å². The zero-order valence-corrected chi connectivity index (χ0v) is 13.2. The van der Waals surface area contributed by atoms with Crippen LogP contribution in [0.1, 0.15) is 15.9 Å². The second-order valence-electron chi connectivity index (χ2n) is 4.65. The van der Waals surface area contributed by atoms with E-state index >= 15 is 0 Å². The highest BCUT2D eigenvalue weighted by Crippen LogP contribution is 2.27. The first-order chi connectivity index (χ1) is 10.3. The van der Waals surface area contributed by atoms with Gasteiger partial charge in [-0.25, -0.2) is 4.79 Å². The predicted molar refractivity (Wildman–Crippen MR) is 81.3 cm³/mol. The number of hydrogen-bond donors (Lipinski definition) is 3. The number of carboxylic acid groups (broad SMARTS) is 1. The zero-order valence-electron chi connectivity index (χ0n) is 11.6. The molecule has 8 heteroatoms. The smallest absolute Gasteiger partial charge is 0.336 e. The molecule has 2 rings (SSSR count). The average Bonchev–Trinajstić information content (AvgIpc) is 2.69. The second-order valence-corrected chi connectivity index (χ2v) is 5.51. The minimum Gasteiger partial charge on any atom is -0.478 e. The van der Waals surface area contributed by atoms with Crippen molar-refractivity contribution in [3.8, 4) is 0 Å². The van der Waals surface area contributed by atoms with Crippen LogP contribution < -0.4 is 5.32 Å². The van der Waals surface area contributed by atoms with Crippen LogP contribution in [0.4, 0.5) is 5.69 Å². The van der Waals surface area contributed by atoms with Crippen LogP contribution in [-0.2, 0) is 9.59 Å². The summed E-state index contributed by atoms with van der Waals surface area (Å²) >= 11 is 3.17. The molecule has 0 radical (unpaired) electrons. The van der Waals surface area contributed by atoms with Crippen LogP contribution in [0.15, 0.2) is 28.4 Å². The third-order valence-corrected chi connectivity index (χ3v) is 3.80. The molecule has 1 aromatic carbocycles. The summed E-state index contributed by atoms with van der Waals surface area (Å²) in [7, 11) is 0. The molecule has 3 N–H and O–H groups in total. The van der Waals surface area contributed by atoms with Gasteiger partial charge in [0, 0.05) is 16.2 Å². The number of aromatic carboxylic acids is 1. The minimum atomic E-state index is -1.11. The molecule has 0 aromatic heterocycles. The van der Waals surface area contributed by atoms with Crippen molar-refractivity contribution >= 4 is 39.4 Å². The van der Waals surface area contributed by atoms with Crippen LogP contribution in [0.3, 0.4) is 0 Å². The molecule has 0 aliphatic carbocycles. The summed E-state index contributed by atoms with van der Waals surface area (Å²) in [5, 5.41) is 20.8. The van der Waals surface area contributed by atoms with Crippen molar-refractivity contribution in [1.82, 2.24) is 4.90 Å². The van der Waals surface area contributed by atoms with Gasteiger partial charge in [0.05, 0.1) is 18.7 Å². The molecular formula is C14H13BrN2O5. The lowest BCUT2D eigenvalue weighted by Crippen LogP contribution is -2.34. The van der Waals surface area contributed by atoms with Crippen molar-refractivity contribution in [3.05, 3.63) is 39.5 Å². The SMILES string of the molecule is Cc1cc(Br)c(C(=O)O)cc1NC1=CC(=O)N(CCO)C1=O. The second kappa shape index (κ2) is 6.29. The van der Waals surface area contributed by atoms with Crippen LogP contribution in [-0.4, -0.2) is 46.0 Å². The maximum atomic E-state index is 12.0. The zero-order chi connectivity index (χ0) is 16.4. The number of carbonyl (C=O) groups excluding carboxylic acids is 2. The van der Waals surface area contributed by atoms with Crippen LogP contribution in [0, 0.1) is 6.92 Å². The molecule has 1 aromatic rings. The molecule has 1 aliphatic heterocycles. The van der Waals surface area contributed by atoms with Gasteiger partial charge in [0.1, 0.15) is 5.70 Å². The topological polar surface area (TPSA) is 107 Å². The number of imide groups is 1. The molecule has 0 saturated carbocycles. The number of nitrogens with one attached hydrogen (secondary N) is 1. The summed E-state index contributed by atoms with van der Waals surface area (Å²) in [6.45, 7) is 1.34. The first kappa shape index (κ1) is 16.2. The molecule has 0 spiro atoms. The van der Waals surface area contributed by atoms with Gasteiger partial charge in [-0.05, 0) is 40.5 Å². The number of carbonyl (C=O) groups is 3. The van der Waals surface area contributed by atoms with Gasteiger partial charge in [-0.2, -0.15) is 0 Å². The van der Waals surface area contributed by atoms with Crippen molar-refractivity contribution in [1.29, 1.82) is 0 Å². The first-order valence-corrected chi connectivity index (χ1v) is 7.13. The van der Waals surface area contributed by atoms with Crippen LogP contribution in [0.25, 0.3) is 0 Å². The van der Waals surface area contributed by atoms with Gasteiger partial charge in [-0.15, -0.1) is 0 Å². The molecule has 116 valence electrons. The van der Waals surface area contributed by atoms with E-state index in [0.717, 1.165) is 11.0 Å². The van der Waals surface area contributed by atoms with E-state index in [1.165, 1.54) is 6.07 Å². The normalized spacial score (nSPS) is 14.3. The highest BCUT2D eigenvalue weighted by atomic mass is 79.9. The van der Waals surface area contributed by atoms with E-state index in [0.29, 0.717) is 15.7 Å². The van der Waals surface area contributed by atoms with Crippen molar-refractivity contribution in [2.75, 3.05) is 18.5 Å². The number of hydrogen-bond acceptors (Lipinski definition) is 5. The molecule has 7 nitrogen and oxygen atoms in total. The summed E-state index contributed by atoms with van der Waals surface area (Å²) in [6, 6.07) is 2.99. The Hall–Kier alpha value is -2.19. The van der Waals surface area contributed by atoms with E-state index in [9.17, 15) is 14.4 Å². The third kappa shape index (κ3) is 3.02. The van der Waals surface area contributed by atoms with Crippen molar-refractivity contribution in [2.45, 2.75) is 6.92 Å². The quantitative estimate of drug-likeness (QED) is 0.672. The summed E-state index contributed by atoms with van der Waals surface area (Å²) in [5.74, 6) is -2.19. The van der Waals surface area contributed by atoms with Gasteiger partial charge in [-0.3, -0.25) is 14.5 Å². The molecule has 22 heavy (non-hydrogen) atoms.